The molecule has 2 aromatic rings. The van der Waals surface area contributed by atoms with Gasteiger partial charge in [-0.25, -0.2) is 0 Å². The summed E-state index contributed by atoms with van der Waals surface area (Å²) in [7, 11) is 1.79. The Labute approximate surface area is 75.6 Å². The first-order valence-electron chi connectivity index (χ1n) is 4.00. The van der Waals surface area contributed by atoms with Gasteiger partial charge in [-0.15, -0.1) is 0 Å². The second-order valence-corrected chi connectivity index (χ2v) is 2.85. The van der Waals surface area contributed by atoms with Crippen LogP contribution in [0.15, 0.2) is 24.4 Å². The third kappa shape index (κ3) is 0.989. The molecule has 0 saturated carbocycles. The molecule has 0 aliphatic carbocycles. The molecule has 4 nitrogen and oxygen atoms in total. The molecule has 13 heavy (non-hydrogen) atoms. The van der Waals surface area contributed by atoms with Crippen molar-refractivity contribution in [2.45, 2.75) is 0 Å². The Morgan fingerprint density at radius 2 is 2.15 bits per heavy atom. The highest BCUT2D eigenvalue weighted by atomic mass is 16.3. The number of nitrogens with two attached hydrogens (primary N) is 1. The molecule has 0 fully saturated rings. The third-order valence-corrected chi connectivity index (χ3v) is 2.10. The monoisotopic (exact) mass is 177 g/mol. The molecule has 1 aromatic heterocycles. The normalized spacial score (nSPS) is 10.5. The number of rotatable bonds is 1. The SMILES string of the molecule is CNn1ccc2c(O)ccc(N)c21. The molecule has 0 radical (unpaired) electrons. The van der Waals surface area contributed by atoms with Crippen molar-refractivity contribution < 1.29 is 5.11 Å². The zero-order valence-corrected chi connectivity index (χ0v) is 7.28. The van der Waals surface area contributed by atoms with Crippen LogP contribution in [0.4, 0.5) is 5.69 Å². The fraction of sp³-hybridized carbons (Fsp3) is 0.111. The highest BCUT2D eigenvalue weighted by Crippen LogP contribution is 2.29. The first-order valence-corrected chi connectivity index (χ1v) is 4.00. The van der Waals surface area contributed by atoms with Gasteiger partial charge in [0, 0.05) is 18.6 Å². The molecule has 4 N–H and O–H groups in total. The van der Waals surface area contributed by atoms with E-state index in [1.165, 1.54) is 0 Å². The van der Waals surface area contributed by atoms with Crippen molar-refractivity contribution >= 4 is 16.6 Å². The number of hydrogen-bond acceptors (Lipinski definition) is 3. The van der Waals surface area contributed by atoms with Crippen LogP contribution in [0.5, 0.6) is 5.75 Å². The Kier molecular flexibility index (Phi) is 1.55. The van der Waals surface area contributed by atoms with Gasteiger partial charge in [0.15, 0.2) is 0 Å². The number of aromatic nitrogens is 1. The fourth-order valence-electron chi connectivity index (χ4n) is 1.46. The van der Waals surface area contributed by atoms with Crippen LogP contribution >= 0.6 is 0 Å². The van der Waals surface area contributed by atoms with Crippen molar-refractivity contribution in [2.75, 3.05) is 18.2 Å². The molecule has 2 rings (SSSR count). The van der Waals surface area contributed by atoms with Crippen molar-refractivity contribution in [2.24, 2.45) is 0 Å². The van der Waals surface area contributed by atoms with Gasteiger partial charge < -0.3 is 16.3 Å². The zero-order chi connectivity index (χ0) is 9.42. The number of nitrogens with zero attached hydrogens (tertiary/aromatic N) is 1. The second kappa shape index (κ2) is 2.58. The minimum Gasteiger partial charge on any atom is -0.507 e. The predicted octanol–water partition coefficient (Wildman–Crippen LogP) is 1.10. The van der Waals surface area contributed by atoms with Crippen LogP contribution in [0.3, 0.4) is 0 Å². The molecule has 1 heterocycles. The van der Waals surface area contributed by atoms with Crippen molar-refractivity contribution in [1.82, 2.24) is 4.68 Å². The van der Waals surface area contributed by atoms with Crippen LogP contribution in [-0.2, 0) is 0 Å². The van der Waals surface area contributed by atoms with E-state index in [4.69, 9.17) is 5.73 Å². The Balaban J connectivity index is 2.87. The van der Waals surface area contributed by atoms with Gasteiger partial charge in [-0.1, -0.05) is 0 Å². The average Bonchev–Trinajstić information content (AvgIpc) is 2.56. The van der Waals surface area contributed by atoms with Crippen LogP contribution in [0, 0.1) is 0 Å². The Morgan fingerprint density at radius 3 is 2.85 bits per heavy atom. The summed E-state index contributed by atoms with van der Waals surface area (Å²) in [5, 5.41) is 10.3. The van der Waals surface area contributed by atoms with Gasteiger partial charge in [0.2, 0.25) is 0 Å². The molecule has 0 saturated heterocycles. The number of fused-ring (bicyclic) bond motifs is 1. The summed E-state index contributed by atoms with van der Waals surface area (Å²) >= 11 is 0. The van der Waals surface area contributed by atoms with E-state index in [9.17, 15) is 5.11 Å². The number of nitrogen functional groups attached to an aromatic ring is 1. The number of benzene rings is 1. The predicted molar refractivity (Wildman–Crippen MR) is 53.3 cm³/mol. The molecule has 0 spiro atoms. The van der Waals surface area contributed by atoms with Gasteiger partial charge in [-0.2, -0.15) is 0 Å². The highest BCUT2D eigenvalue weighted by Gasteiger charge is 2.06. The van der Waals surface area contributed by atoms with E-state index in [1.807, 2.05) is 12.3 Å². The quantitative estimate of drug-likeness (QED) is 0.451. The van der Waals surface area contributed by atoms with Crippen LogP contribution in [-0.4, -0.2) is 16.8 Å². The lowest BCUT2D eigenvalue weighted by molar-refractivity contribution is 0.482. The number of nitrogens with one attached hydrogen (secondary N) is 1. The standard InChI is InChI=1S/C9H11N3O/c1-11-12-5-4-6-8(13)3-2-7(10)9(6)12/h2-5,11,13H,10H2,1H3. The maximum absolute atomic E-state index is 9.51. The van der Waals surface area contributed by atoms with Gasteiger partial charge in [0.1, 0.15) is 5.75 Å². The van der Waals surface area contributed by atoms with Crippen molar-refractivity contribution in [3.05, 3.63) is 24.4 Å². The molecule has 0 amide bonds. The molecular weight excluding hydrogens is 166 g/mol. The van der Waals surface area contributed by atoms with E-state index in [2.05, 4.69) is 5.43 Å². The van der Waals surface area contributed by atoms with Crippen LogP contribution in [0.2, 0.25) is 0 Å². The lowest BCUT2D eigenvalue weighted by Gasteiger charge is -2.05. The molecule has 0 aliphatic heterocycles. The largest absolute Gasteiger partial charge is 0.507 e. The smallest absolute Gasteiger partial charge is 0.125 e. The van der Waals surface area contributed by atoms with E-state index < -0.39 is 0 Å². The zero-order valence-electron chi connectivity index (χ0n) is 7.28. The topological polar surface area (TPSA) is 63.2 Å². The molecule has 1 aromatic carbocycles. The molecule has 0 aliphatic rings. The summed E-state index contributed by atoms with van der Waals surface area (Å²) in [5.41, 5.74) is 10.2. The number of hydrogen-bond donors (Lipinski definition) is 3. The van der Waals surface area contributed by atoms with Gasteiger partial charge in [0.05, 0.1) is 11.2 Å². The van der Waals surface area contributed by atoms with Gasteiger partial charge in [-0.3, -0.25) is 4.68 Å². The number of phenols is 1. The van der Waals surface area contributed by atoms with E-state index in [0.717, 1.165) is 10.9 Å². The molecule has 0 unspecified atom stereocenters. The van der Waals surface area contributed by atoms with E-state index in [1.54, 1.807) is 23.9 Å². The van der Waals surface area contributed by atoms with E-state index in [-0.39, 0.29) is 5.75 Å². The summed E-state index contributed by atoms with van der Waals surface area (Å²) in [6, 6.07) is 5.10. The van der Waals surface area contributed by atoms with Crippen molar-refractivity contribution in [3.8, 4) is 5.75 Å². The third-order valence-electron chi connectivity index (χ3n) is 2.10. The van der Waals surface area contributed by atoms with Crippen molar-refractivity contribution in [1.29, 1.82) is 0 Å². The van der Waals surface area contributed by atoms with E-state index >= 15 is 0 Å². The number of anilines is 1. The summed E-state index contributed by atoms with van der Waals surface area (Å²) in [4.78, 5) is 0. The van der Waals surface area contributed by atoms with Crippen LogP contribution < -0.4 is 11.2 Å². The first kappa shape index (κ1) is 7.79. The Bertz CT molecular complexity index is 447. The van der Waals surface area contributed by atoms with Gasteiger partial charge in [-0.05, 0) is 18.2 Å². The lowest BCUT2D eigenvalue weighted by atomic mass is 10.2. The second-order valence-electron chi connectivity index (χ2n) is 2.85. The minimum absolute atomic E-state index is 0.248. The molecule has 68 valence electrons. The molecular formula is C9H11N3O. The van der Waals surface area contributed by atoms with Gasteiger partial charge in [0.25, 0.3) is 0 Å². The maximum Gasteiger partial charge on any atom is 0.125 e. The Morgan fingerprint density at radius 1 is 1.38 bits per heavy atom. The minimum atomic E-state index is 0.248. The van der Waals surface area contributed by atoms with Crippen molar-refractivity contribution in [3.63, 3.8) is 0 Å². The lowest BCUT2D eigenvalue weighted by Crippen LogP contribution is -2.07. The number of phenolic OH excluding ortho intramolecular Hbond substituents is 1. The summed E-state index contributed by atoms with van der Waals surface area (Å²) in [5.74, 6) is 0.248. The number of aromatic hydroxyl groups is 1. The first-order chi connectivity index (χ1) is 6.24. The average molecular weight is 177 g/mol. The summed E-state index contributed by atoms with van der Waals surface area (Å²) < 4.78 is 1.77. The van der Waals surface area contributed by atoms with Crippen LogP contribution in [0.1, 0.15) is 0 Å². The van der Waals surface area contributed by atoms with Gasteiger partial charge >= 0.3 is 0 Å². The Hall–Kier alpha value is -1.84. The molecule has 4 heteroatoms. The molecule has 0 bridgehead atoms. The maximum atomic E-state index is 9.51. The van der Waals surface area contributed by atoms with Crippen LogP contribution in [0.25, 0.3) is 10.9 Å². The highest BCUT2D eigenvalue weighted by molar-refractivity contribution is 5.95. The summed E-state index contributed by atoms with van der Waals surface area (Å²) in [6.45, 7) is 0. The molecule has 0 atom stereocenters. The fourth-order valence-corrected chi connectivity index (χ4v) is 1.46. The summed E-state index contributed by atoms with van der Waals surface area (Å²) in [6.07, 6.45) is 1.82. The van der Waals surface area contributed by atoms with E-state index in [0.29, 0.717) is 5.69 Å².